The molecule has 1 atom stereocenters. The molecule has 1 unspecified atom stereocenters. The summed E-state index contributed by atoms with van der Waals surface area (Å²) >= 11 is 0. The van der Waals surface area contributed by atoms with Crippen molar-refractivity contribution >= 4 is 10.2 Å². The van der Waals surface area contributed by atoms with Crippen LogP contribution in [-0.4, -0.2) is 26.9 Å². The zero-order chi connectivity index (χ0) is 9.41. The van der Waals surface area contributed by atoms with Gasteiger partial charge in [0.25, 0.3) is 0 Å². The van der Waals surface area contributed by atoms with Crippen molar-refractivity contribution in [3.05, 3.63) is 0 Å². The van der Waals surface area contributed by atoms with Gasteiger partial charge in [0, 0.05) is 6.61 Å². The first-order valence-electron chi connectivity index (χ1n) is 3.85. The van der Waals surface area contributed by atoms with Crippen LogP contribution < -0.4 is 0 Å². The van der Waals surface area contributed by atoms with Gasteiger partial charge in [0.2, 0.25) is 0 Å². The highest BCUT2D eigenvalue weighted by Gasteiger charge is 2.38. The molecule has 0 aromatic carbocycles. The Morgan fingerprint density at radius 3 is 2.50 bits per heavy atom. The lowest BCUT2D eigenvalue weighted by atomic mass is 9.87. The molecule has 0 spiro atoms. The van der Waals surface area contributed by atoms with Gasteiger partial charge in [-0.15, -0.1) is 3.89 Å². The maximum atomic E-state index is 12.3. The Labute approximate surface area is 72.1 Å². The highest BCUT2D eigenvalue weighted by atomic mass is 32.3. The van der Waals surface area contributed by atoms with Crippen LogP contribution in [-0.2, 0) is 15.0 Å². The molecule has 72 valence electrons. The Balaban J connectivity index is 2.65. The molecule has 0 amide bonds. The molecule has 0 radical (unpaired) electrons. The number of halogens is 1. The Kier molecular flexibility index (Phi) is 2.45. The molecule has 1 rings (SSSR count). The average molecular weight is 196 g/mol. The molecule has 1 heterocycles. The molecule has 0 N–H and O–H groups in total. The molecule has 5 heteroatoms. The molecule has 3 nitrogen and oxygen atoms in total. The summed E-state index contributed by atoms with van der Waals surface area (Å²) < 4.78 is 38.1. The summed E-state index contributed by atoms with van der Waals surface area (Å²) in [5.41, 5.74) is -0.223. The number of rotatable bonds is 2. The van der Waals surface area contributed by atoms with Crippen molar-refractivity contribution in [2.75, 3.05) is 12.4 Å². The first kappa shape index (κ1) is 9.92. The quantitative estimate of drug-likeness (QED) is 0.621. The van der Waals surface area contributed by atoms with E-state index >= 15 is 0 Å². The topological polar surface area (TPSA) is 43.4 Å². The summed E-state index contributed by atoms with van der Waals surface area (Å²) in [7, 11) is -4.40. The monoisotopic (exact) mass is 196 g/mol. The van der Waals surface area contributed by atoms with Crippen molar-refractivity contribution in [3.8, 4) is 0 Å². The molecule has 0 aliphatic carbocycles. The van der Waals surface area contributed by atoms with Gasteiger partial charge in [-0.3, -0.25) is 0 Å². The summed E-state index contributed by atoms with van der Waals surface area (Å²) in [6.07, 6.45) is 0.292. The van der Waals surface area contributed by atoms with E-state index in [1.165, 1.54) is 0 Å². The molecule has 0 bridgehead atoms. The second kappa shape index (κ2) is 2.96. The minimum Gasteiger partial charge on any atom is -0.376 e. The zero-order valence-electron chi connectivity index (χ0n) is 7.21. The number of hydrogen-bond acceptors (Lipinski definition) is 3. The third kappa shape index (κ3) is 2.42. The number of hydrogen-bond donors (Lipinski definition) is 0. The van der Waals surface area contributed by atoms with E-state index in [2.05, 4.69) is 0 Å². The standard InChI is InChI=1S/C7H13FO3S/c1-7(2)3-4-11-6(7)5-12(8,9)10/h6H,3-5H2,1-2H3. The molecule has 1 aliphatic rings. The second-order valence-corrected chi connectivity index (χ2v) is 5.21. The average Bonchev–Trinajstić information content (AvgIpc) is 2.07. The SMILES string of the molecule is CC1(C)CCOC1CS(=O)(=O)F. The van der Waals surface area contributed by atoms with Crippen LogP contribution in [0.5, 0.6) is 0 Å². The van der Waals surface area contributed by atoms with Crippen LogP contribution in [0.15, 0.2) is 0 Å². The van der Waals surface area contributed by atoms with Crippen molar-refractivity contribution in [2.24, 2.45) is 5.41 Å². The fourth-order valence-corrected chi connectivity index (χ4v) is 2.21. The summed E-state index contributed by atoms with van der Waals surface area (Å²) in [5, 5.41) is 0. The van der Waals surface area contributed by atoms with E-state index in [9.17, 15) is 12.3 Å². The maximum Gasteiger partial charge on any atom is 0.304 e. The van der Waals surface area contributed by atoms with Crippen molar-refractivity contribution in [1.82, 2.24) is 0 Å². The zero-order valence-corrected chi connectivity index (χ0v) is 8.03. The van der Waals surface area contributed by atoms with Crippen molar-refractivity contribution in [1.29, 1.82) is 0 Å². The Morgan fingerprint density at radius 2 is 2.17 bits per heavy atom. The van der Waals surface area contributed by atoms with E-state index in [-0.39, 0.29) is 5.41 Å². The van der Waals surface area contributed by atoms with Gasteiger partial charge in [0.05, 0.1) is 6.10 Å². The van der Waals surface area contributed by atoms with Crippen LogP contribution >= 0.6 is 0 Å². The maximum absolute atomic E-state index is 12.3. The van der Waals surface area contributed by atoms with E-state index in [0.717, 1.165) is 6.42 Å². The first-order chi connectivity index (χ1) is 5.31. The van der Waals surface area contributed by atoms with Gasteiger partial charge in [-0.2, -0.15) is 8.42 Å². The minimum atomic E-state index is -4.40. The third-order valence-electron chi connectivity index (χ3n) is 2.29. The van der Waals surface area contributed by atoms with Gasteiger partial charge in [-0.1, -0.05) is 13.8 Å². The molecule has 0 saturated carbocycles. The Morgan fingerprint density at radius 1 is 1.58 bits per heavy atom. The Bertz CT molecular complexity index is 258. The van der Waals surface area contributed by atoms with Crippen LogP contribution in [0.25, 0.3) is 0 Å². The Hall–Kier alpha value is -0.160. The highest BCUT2D eigenvalue weighted by molar-refractivity contribution is 7.86. The third-order valence-corrected chi connectivity index (χ3v) is 2.99. The summed E-state index contributed by atoms with van der Waals surface area (Å²) in [6.45, 7) is 4.29. The fraction of sp³-hybridized carbons (Fsp3) is 1.00. The van der Waals surface area contributed by atoms with E-state index in [0.29, 0.717) is 6.61 Å². The van der Waals surface area contributed by atoms with Crippen molar-refractivity contribution < 1.29 is 17.0 Å². The van der Waals surface area contributed by atoms with E-state index in [4.69, 9.17) is 4.74 Å². The molecule has 0 aromatic heterocycles. The molecule has 0 aromatic rings. The van der Waals surface area contributed by atoms with E-state index in [1.54, 1.807) is 0 Å². The summed E-state index contributed by atoms with van der Waals surface area (Å²) in [6, 6.07) is 0. The van der Waals surface area contributed by atoms with Gasteiger partial charge in [-0.05, 0) is 11.8 Å². The fourth-order valence-electron chi connectivity index (χ4n) is 1.31. The van der Waals surface area contributed by atoms with Crippen LogP contribution in [0, 0.1) is 5.41 Å². The minimum absolute atomic E-state index is 0.223. The lowest BCUT2D eigenvalue weighted by molar-refractivity contribution is 0.0815. The molecule has 12 heavy (non-hydrogen) atoms. The molecule has 1 fully saturated rings. The van der Waals surface area contributed by atoms with Gasteiger partial charge in [0.15, 0.2) is 0 Å². The smallest absolute Gasteiger partial charge is 0.304 e. The second-order valence-electron chi connectivity index (χ2n) is 3.80. The van der Waals surface area contributed by atoms with Crippen molar-refractivity contribution in [3.63, 3.8) is 0 Å². The van der Waals surface area contributed by atoms with E-state index in [1.807, 2.05) is 13.8 Å². The lowest BCUT2D eigenvalue weighted by Crippen LogP contribution is -2.30. The molecular weight excluding hydrogens is 183 g/mol. The van der Waals surface area contributed by atoms with Gasteiger partial charge >= 0.3 is 10.2 Å². The van der Waals surface area contributed by atoms with Crippen LogP contribution in [0.3, 0.4) is 0 Å². The number of ether oxygens (including phenoxy) is 1. The molecule has 1 aliphatic heterocycles. The summed E-state index contributed by atoms with van der Waals surface area (Å²) in [4.78, 5) is 0. The summed E-state index contributed by atoms with van der Waals surface area (Å²) in [5.74, 6) is -0.514. The van der Waals surface area contributed by atoms with Crippen LogP contribution in [0.4, 0.5) is 3.89 Å². The lowest BCUT2D eigenvalue weighted by Gasteiger charge is -2.23. The highest BCUT2D eigenvalue weighted by Crippen LogP contribution is 2.34. The van der Waals surface area contributed by atoms with Gasteiger partial charge in [0.1, 0.15) is 5.75 Å². The van der Waals surface area contributed by atoms with Gasteiger partial charge in [-0.25, -0.2) is 0 Å². The van der Waals surface area contributed by atoms with E-state index < -0.39 is 22.1 Å². The van der Waals surface area contributed by atoms with Crippen molar-refractivity contribution in [2.45, 2.75) is 26.4 Å². The molecule has 1 saturated heterocycles. The largest absolute Gasteiger partial charge is 0.376 e. The van der Waals surface area contributed by atoms with Gasteiger partial charge < -0.3 is 4.74 Å². The normalized spacial score (nSPS) is 29.1. The predicted octanol–water partition coefficient (Wildman–Crippen LogP) is 1.10. The van der Waals surface area contributed by atoms with Crippen LogP contribution in [0.1, 0.15) is 20.3 Å². The van der Waals surface area contributed by atoms with Crippen LogP contribution in [0.2, 0.25) is 0 Å². The molecular formula is C7H13FO3S. The predicted molar refractivity (Wildman–Crippen MR) is 43.0 cm³/mol. The first-order valence-corrected chi connectivity index (χ1v) is 5.40.